The van der Waals surface area contributed by atoms with E-state index in [1.807, 2.05) is 0 Å². The summed E-state index contributed by atoms with van der Waals surface area (Å²) in [5.74, 6) is -0.386. The van der Waals surface area contributed by atoms with E-state index in [9.17, 15) is 9.36 Å². The zero-order chi connectivity index (χ0) is 12.3. The van der Waals surface area contributed by atoms with E-state index < -0.39 is 7.60 Å². The van der Waals surface area contributed by atoms with Crippen molar-refractivity contribution in [2.75, 3.05) is 5.32 Å². The van der Waals surface area contributed by atoms with E-state index >= 15 is 0 Å². The maximum Gasteiger partial charge on any atom is 0.356 e. The Morgan fingerprint density at radius 2 is 2.06 bits per heavy atom. The third-order valence-corrected chi connectivity index (χ3v) is 2.78. The first-order valence-electron chi connectivity index (χ1n) is 4.44. The van der Waals surface area contributed by atoms with Gasteiger partial charge in [0.15, 0.2) is 0 Å². The average molecular weight is 241 g/mol. The topological polar surface area (TPSA) is 86.6 Å². The van der Waals surface area contributed by atoms with E-state index in [0.29, 0.717) is 11.3 Å². The van der Waals surface area contributed by atoms with E-state index in [0.717, 1.165) is 0 Å². The molecular formula is C10H12NO4P. The zero-order valence-electron chi connectivity index (χ0n) is 8.67. The third kappa shape index (κ3) is 3.31. The van der Waals surface area contributed by atoms with E-state index in [-0.39, 0.29) is 11.2 Å². The van der Waals surface area contributed by atoms with Gasteiger partial charge >= 0.3 is 7.60 Å². The SMILES string of the molecule is C=C(C)C(=O)Nc1cccc(P(=O)(O)O)c1. The van der Waals surface area contributed by atoms with Gasteiger partial charge in [-0.2, -0.15) is 0 Å². The Morgan fingerprint density at radius 1 is 1.44 bits per heavy atom. The van der Waals surface area contributed by atoms with Crippen LogP contribution in [0.25, 0.3) is 0 Å². The number of anilines is 1. The maximum atomic E-state index is 11.3. The lowest BCUT2D eigenvalue weighted by Crippen LogP contribution is -2.13. The lowest BCUT2D eigenvalue weighted by Gasteiger charge is -2.08. The minimum atomic E-state index is -4.29. The van der Waals surface area contributed by atoms with Crippen molar-refractivity contribution in [2.45, 2.75) is 6.92 Å². The largest absolute Gasteiger partial charge is 0.356 e. The first-order valence-corrected chi connectivity index (χ1v) is 6.05. The highest BCUT2D eigenvalue weighted by Crippen LogP contribution is 2.33. The minimum Gasteiger partial charge on any atom is -0.322 e. The number of nitrogens with one attached hydrogen (secondary N) is 1. The van der Waals surface area contributed by atoms with E-state index in [1.165, 1.54) is 18.2 Å². The number of hydrogen-bond acceptors (Lipinski definition) is 2. The number of carbonyl (C=O) groups is 1. The second-order valence-corrected chi connectivity index (χ2v) is 4.93. The van der Waals surface area contributed by atoms with Gasteiger partial charge in [-0.1, -0.05) is 12.6 Å². The van der Waals surface area contributed by atoms with Crippen LogP contribution in [0.5, 0.6) is 0 Å². The van der Waals surface area contributed by atoms with Crippen LogP contribution in [0.2, 0.25) is 0 Å². The molecule has 6 heteroatoms. The van der Waals surface area contributed by atoms with Crippen molar-refractivity contribution in [3.05, 3.63) is 36.4 Å². The lowest BCUT2D eigenvalue weighted by atomic mass is 10.3. The fourth-order valence-electron chi connectivity index (χ4n) is 1.00. The molecule has 86 valence electrons. The molecule has 0 spiro atoms. The third-order valence-electron chi connectivity index (χ3n) is 1.83. The van der Waals surface area contributed by atoms with E-state index in [4.69, 9.17) is 9.79 Å². The summed E-state index contributed by atoms with van der Waals surface area (Å²) in [6.07, 6.45) is 0. The molecule has 1 amide bonds. The van der Waals surface area contributed by atoms with Gasteiger partial charge in [0.25, 0.3) is 5.91 Å². The van der Waals surface area contributed by atoms with Crippen molar-refractivity contribution in [3.63, 3.8) is 0 Å². The van der Waals surface area contributed by atoms with Crippen LogP contribution in [0.15, 0.2) is 36.4 Å². The second-order valence-electron chi connectivity index (χ2n) is 3.33. The molecule has 5 nitrogen and oxygen atoms in total. The normalized spacial score (nSPS) is 10.9. The van der Waals surface area contributed by atoms with Gasteiger partial charge in [0.2, 0.25) is 0 Å². The van der Waals surface area contributed by atoms with Crippen LogP contribution >= 0.6 is 7.60 Å². The van der Waals surface area contributed by atoms with Crippen LogP contribution in [0.4, 0.5) is 5.69 Å². The molecule has 3 N–H and O–H groups in total. The molecule has 0 heterocycles. The molecule has 0 radical (unpaired) electrons. The summed E-state index contributed by atoms with van der Waals surface area (Å²) in [4.78, 5) is 29.1. The summed E-state index contributed by atoms with van der Waals surface area (Å²) in [6, 6.07) is 5.54. The van der Waals surface area contributed by atoms with Crippen LogP contribution < -0.4 is 10.6 Å². The first kappa shape index (κ1) is 12.6. The Labute approximate surface area is 93.0 Å². The molecule has 0 fully saturated rings. The Bertz CT molecular complexity index is 477. The second kappa shape index (κ2) is 4.61. The van der Waals surface area contributed by atoms with Crippen molar-refractivity contribution in [2.24, 2.45) is 0 Å². The van der Waals surface area contributed by atoms with Gasteiger partial charge in [-0.15, -0.1) is 0 Å². The zero-order valence-corrected chi connectivity index (χ0v) is 9.57. The quantitative estimate of drug-likeness (QED) is 0.544. The highest BCUT2D eigenvalue weighted by Gasteiger charge is 2.17. The van der Waals surface area contributed by atoms with E-state index in [1.54, 1.807) is 13.0 Å². The number of amides is 1. The van der Waals surface area contributed by atoms with Crippen LogP contribution in [0.1, 0.15) is 6.92 Å². The van der Waals surface area contributed by atoms with Crippen LogP contribution in [0, 0.1) is 0 Å². The Kier molecular flexibility index (Phi) is 3.65. The minimum absolute atomic E-state index is 0.132. The predicted octanol–water partition coefficient (Wildman–Crippen LogP) is 1.00. The van der Waals surface area contributed by atoms with Crippen molar-refractivity contribution in [1.82, 2.24) is 0 Å². The Morgan fingerprint density at radius 3 is 2.56 bits per heavy atom. The average Bonchev–Trinajstić information content (AvgIpc) is 2.16. The monoisotopic (exact) mass is 241 g/mol. The van der Waals surface area contributed by atoms with Gasteiger partial charge < -0.3 is 15.1 Å². The number of carbonyl (C=O) groups excluding carboxylic acids is 1. The molecule has 0 bridgehead atoms. The van der Waals surface area contributed by atoms with Gasteiger partial charge in [-0.05, 0) is 25.1 Å². The number of hydrogen-bond donors (Lipinski definition) is 3. The van der Waals surface area contributed by atoms with E-state index in [2.05, 4.69) is 11.9 Å². The summed E-state index contributed by atoms with van der Waals surface area (Å²) < 4.78 is 11.0. The molecule has 1 rings (SSSR count). The number of benzene rings is 1. The summed E-state index contributed by atoms with van der Waals surface area (Å²) in [7, 11) is -4.29. The molecule has 0 atom stereocenters. The molecule has 16 heavy (non-hydrogen) atoms. The lowest BCUT2D eigenvalue weighted by molar-refractivity contribution is -0.112. The summed E-state index contributed by atoms with van der Waals surface area (Å²) >= 11 is 0. The molecular weight excluding hydrogens is 229 g/mol. The fourth-order valence-corrected chi connectivity index (χ4v) is 1.59. The van der Waals surface area contributed by atoms with Crippen molar-refractivity contribution in [3.8, 4) is 0 Å². The van der Waals surface area contributed by atoms with Gasteiger partial charge in [-0.3, -0.25) is 9.36 Å². The Hall–Kier alpha value is -1.42. The van der Waals surface area contributed by atoms with Gasteiger partial charge in [0, 0.05) is 11.3 Å². The molecule has 1 aromatic carbocycles. The molecule has 0 saturated heterocycles. The van der Waals surface area contributed by atoms with Gasteiger partial charge in [-0.25, -0.2) is 0 Å². The maximum absolute atomic E-state index is 11.3. The summed E-state index contributed by atoms with van der Waals surface area (Å²) in [5.41, 5.74) is 0.649. The molecule has 0 unspecified atom stereocenters. The van der Waals surface area contributed by atoms with Crippen LogP contribution in [-0.2, 0) is 9.36 Å². The smallest absolute Gasteiger partial charge is 0.322 e. The molecule has 1 aromatic rings. The fraction of sp³-hybridized carbons (Fsp3) is 0.100. The predicted molar refractivity (Wildman–Crippen MR) is 61.6 cm³/mol. The summed E-state index contributed by atoms with van der Waals surface area (Å²) in [6.45, 7) is 5.00. The van der Waals surface area contributed by atoms with Crippen LogP contribution in [-0.4, -0.2) is 15.7 Å². The van der Waals surface area contributed by atoms with Crippen molar-refractivity contribution in [1.29, 1.82) is 0 Å². The van der Waals surface area contributed by atoms with Crippen molar-refractivity contribution < 1.29 is 19.1 Å². The first-order chi connectivity index (χ1) is 7.30. The highest BCUT2D eigenvalue weighted by atomic mass is 31.2. The van der Waals surface area contributed by atoms with Crippen LogP contribution in [0.3, 0.4) is 0 Å². The summed E-state index contributed by atoms with van der Waals surface area (Å²) in [5, 5.41) is 2.34. The van der Waals surface area contributed by atoms with Crippen molar-refractivity contribution >= 4 is 24.5 Å². The van der Waals surface area contributed by atoms with Gasteiger partial charge in [0.1, 0.15) is 0 Å². The molecule has 0 aromatic heterocycles. The van der Waals surface area contributed by atoms with Gasteiger partial charge in [0.05, 0.1) is 5.30 Å². The number of rotatable bonds is 3. The highest BCUT2D eigenvalue weighted by molar-refractivity contribution is 7.60. The molecule has 0 aliphatic rings. The molecule has 0 saturated carbocycles. The molecule has 0 aliphatic heterocycles. The molecule has 0 aliphatic carbocycles. The standard InChI is InChI=1S/C10H12NO4P/c1-7(2)10(12)11-8-4-3-5-9(6-8)16(13,14)15/h3-6H,1H2,2H3,(H,11,12)(H2,13,14,15). The Balaban J connectivity index is 2.96.